The maximum absolute atomic E-state index is 12.0. The predicted molar refractivity (Wildman–Crippen MR) is 72.4 cm³/mol. The van der Waals surface area contributed by atoms with Crippen molar-refractivity contribution in [2.45, 2.75) is 51.4 Å². The minimum atomic E-state index is -4.06. The minimum absolute atomic E-state index is 0.0383. The van der Waals surface area contributed by atoms with Gasteiger partial charge < -0.3 is 5.32 Å². The summed E-state index contributed by atoms with van der Waals surface area (Å²) in [5, 5.41) is 3.95. The molecule has 0 radical (unpaired) electrons. The fourth-order valence-corrected chi connectivity index (χ4v) is 2.19. The molecule has 1 unspecified atom stereocenters. The molecule has 0 aliphatic heterocycles. The molecule has 0 bridgehead atoms. The second-order valence-electron chi connectivity index (χ2n) is 4.85. The van der Waals surface area contributed by atoms with Crippen LogP contribution in [0.25, 0.3) is 0 Å². The van der Waals surface area contributed by atoms with E-state index in [0.717, 1.165) is 5.56 Å². The molecule has 0 aromatic heterocycles. The summed E-state index contributed by atoms with van der Waals surface area (Å²) in [5.41, 5.74) is 1.04. The lowest BCUT2D eigenvalue weighted by Crippen LogP contribution is -2.29. The Hall–Kier alpha value is -0.740. The van der Waals surface area contributed by atoms with E-state index in [2.05, 4.69) is 5.32 Å². The van der Waals surface area contributed by atoms with Gasteiger partial charge in [-0.25, -0.2) is 0 Å². The normalized spacial score (nSPS) is 15.3. The maximum Gasteiger partial charge on any atom is 0.389 e. The van der Waals surface area contributed by atoms with Crippen LogP contribution in [-0.2, 0) is 0 Å². The van der Waals surface area contributed by atoms with E-state index in [9.17, 15) is 13.2 Å². The molecule has 0 spiro atoms. The highest BCUT2D eigenvalue weighted by molar-refractivity contribution is 6.30. The Morgan fingerprint density at radius 2 is 1.95 bits per heavy atom. The molecule has 0 saturated carbocycles. The highest BCUT2D eigenvalue weighted by Crippen LogP contribution is 2.23. The standard InChI is InChI=1S/C14H19ClF3N/c1-10(5-4-8-14(16,17)18)19-11(2)12-6-3-7-13(15)9-12/h3,6-7,9-11,19H,4-5,8H2,1-2H3/t10?,11-/m1/s1. The molecular weight excluding hydrogens is 275 g/mol. The van der Waals surface area contributed by atoms with Crippen molar-refractivity contribution >= 4 is 11.6 Å². The molecule has 108 valence electrons. The first-order chi connectivity index (χ1) is 8.78. The lowest BCUT2D eigenvalue weighted by molar-refractivity contribution is -0.135. The Bertz CT molecular complexity index is 393. The number of hydrogen-bond donors (Lipinski definition) is 1. The van der Waals surface area contributed by atoms with Crippen LogP contribution >= 0.6 is 11.6 Å². The minimum Gasteiger partial charge on any atom is -0.308 e. The van der Waals surface area contributed by atoms with E-state index >= 15 is 0 Å². The quantitative estimate of drug-likeness (QED) is 0.768. The van der Waals surface area contributed by atoms with Crippen LogP contribution in [0, 0.1) is 0 Å². The molecule has 1 rings (SSSR count). The zero-order valence-electron chi connectivity index (χ0n) is 11.1. The molecule has 1 aromatic rings. The summed E-state index contributed by atoms with van der Waals surface area (Å²) in [7, 11) is 0. The third kappa shape index (κ3) is 6.83. The van der Waals surface area contributed by atoms with Crippen molar-refractivity contribution in [2.24, 2.45) is 0 Å². The largest absolute Gasteiger partial charge is 0.389 e. The molecule has 0 saturated heterocycles. The van der Waals surface area contributed by atoms with Crippen molar-refractivity contribution < 1.29 is 13.2 Å². The van der Waals surface area contributed by atoms with Gasteiger partial charge >= 0.3 is 6.18 Å². The van der Waals surface area contributed by atoms with Gasteiger partial charge in [-0.15, -0.1) is 0 Å². The van der Waals surface area contributed by atoms with E-state index in [4.69, 9.17) is 11.6 Å². The number of nitrogens with one attached hydrogen (secondary N) is 1. The zero-order valence-corrected chi connectivity index (χ0v) is 11.9. The van der Waals surface area contributed by atoms with Crippen LogP contribution < -0.4 is 5.32 Å². The number of hydrogen-bond acceptors (Lipinski definition) is 1. The lowest BCUT2D eigenvalue weighted by atomic mass is 10.1. The molecule has 5 heteroatoms. The van der Waals surface area contributed by atoms with Gasteiger partial charge in [0.25, 0.3) is 0 Å². The van der Waals surface area contributed by atoms with E-state index in [-0.39, 0.29) is 18.5 Å². The lowest BCUT2D eigenvalue weighted by Gasteiger charge is -2.20. The van der Waals surface area contributed by atoms with Crippen LogP contribution in [0.2, 0.25) is 5.02 Å². The van der Waals surface area contributed by atoms with Crippen molar-refractivity contribution in [3.8, 4) is 0 Å². The highest BCUT2D eigenvalue weighted by Gasteiger charge is 2.26. The summed E-state index contributed by atoms with van der Waals surface area (Å²) in [6, 6.07) is 7.58. The van der Waals surface area contributed by atoms with Gasteiger partial charge in [-0.3, -0.25) is 0 Å². The summed E-state index contributed by atoms with van der Waals surface area (Å²) >= 11 is 5.91. The van der Waals surface area contributed by atoms with E-state index in [1.54, 1.807) is 6.07 Å². The number of benzene rings is 1. The van der Waals surface area contributed by atoms with Crippen LogP contribution in [0.3, 0.4) is 0 Å². The molecule has 0 amide bonds. The van der Waals surface area contributed by atoms with Gasteiger partial charge in [-0.2, -0.15) is 13.2 Å². The van der Waals surface area contributed by atoms with E-state index in [1.807, 2.05) is 32.0 Å². The molecule has 0 aliphatic carbocycles. The first-order valence-corrected chi connectivity index (χ1v) is 6.74. The molecule has 2 atom stereocenters. The fraction of sp³-hybridized carbons (Fsp3) is 0.571. The van der Waals surface area contributed by atoms with E-state index < -0.39 is 12.6 Å². The monoisotopic (exact) mass is 293 g/mol. The van der Waals surface area contributed by atoms with Crippen molar-refractivity contribution in [1.82, 2.24) is 5.32 Å². The van der Waals surface area contributed by atoms with Gasteiger partial charge in [-0.05, 0) is 44.4 Å². The van der Waals surface area contributed by atoms with Gasteiger partial charge in [0, 0.05) is 23.5 Å². The molecule has 1 nitrogen and oxygen atoms in total. The number of halogens is 4. The maximum atomic E-state index is 12.0. The van der Waals surface area contributed by atoms with E-state index in [0.29, 0.717) is 11.4 Å². The third-order valence-corrected chi connectivity index (χ3v) is 3.22. The number of rotatable bonds is 6. The Labute approximate surface area is 117 Å². The van der Waals surface area contributed by atoms with Crippen LogP contribution in [0.1, 0.15) is 44.7 Å². The van der Waals surface area contributed by atoms with Gasteiger partial charge in [-0.1, -0.05) is 23.7 Å². The summed E-state index contributed by atoms with van der Waals surface area (Å²) in [4.78, 5) is 0. The first kappa shape index (κ1) is 16.3. The smallest absolute Gasteiger partial charge is 0.308 e. The fourth-order valence-electron chi connectivity index (χ4n) is 1.99. The Kier molecular flexibility index (Phi) is 6.14. The SMILES string of the molecule is CC(CCCC(F)(F)F)N[C@H](C)c1cccc(Cl)c1. The van der Waals surface area contributed by atoms with Gasteiger partial charge in [0.15, 0.2) is 0 Å². The summed E-state index contributed by atoms with van der Waals surface area (Å²) < 4.78 is 36.1. The Morgan fingerprint density at radius 1 is 1.26 bits per heavy atom. The van der Waals surface area contributed by atoms with Crippen LogP contribution in [0.15, 0.2) is 24.3 Å². The topological polar surface area (TPSA) is 12.0 Å². The molecule has 1 N–H and O–H groups in total. The summed E-state index contributed by atoms with van der Waals surface area (Å²) in [6.07, 6.45) is -4.12. The average Bonchev–Trinajstić information content (AvgIpc) is 2.27. The summed E-state index contributed by atoms with van der Waals surface area (Å²) in [5.74, 6) is 0. The van der Waals surface area contributed by atoms with Crippen LogP contribution in [0.5, 0.6) is 0 Å². The van der Waals surface area contributed by atoms with Crippen molar-refractivity contribution in [1.29, 1.82) is 0 Å². The van der Waals surface area contributed by atoms with Crippen LogP contribution in [0.4, 0.5) is 13.2 Å². The van der Waals surface area contributed by atoms with E-state index in [1.165, 1.54) is 0 Å². The predicted octanol–water partition coefficient (Wildman–Crippen LogP) is 5.11. The van der Waals surface area contributed by atoms with Gasteiger partial charge in [0.1, 0.15) is 0 Å². The van der Waals surface area contributed by atoms with Gasteiger partial charge in [0.05, 0.1) is 0 Å². The van der Waals surface area contributed by atoms with Crippen LogP contribution in [-0.4, -0.2) is 12.2 Å². The van der Waals surface area contributed by atoms with Crippen molar-refractivity contribution in [3.63, 3.8) is 0 Å². The van der Waals surface area contributed by atoms with Crippen molar-refractivity contribution in [3.05, 3.63) is 34.9 Å². The first-order valence-electron chi connectivity index (χ1n) is 6.36. The molecule has 0 heterocycles. The average molecular weight is 294 g/mol. The molecule has 0 aliphatic rings. The van der Waals surface area contributed by atoms with Crippen molar-refractivity contribution in [2.75, 3.05) is 0 Å². The molecule has 19 heavy (non-hydrogen) atoms. The van der Waals surface area contributed by atoms with Gasteiger partial charge in [0.2, 0.25) is 0 Å². The number of alkyl halides is 3. The second kappa shape index (κ2) is 7.15. The molecular formula is C14H19ClF3N. The second-order valence-corrected chi connectivity index (χ2v) is 5.29. The Morgan fingerprint density at radius 3 is 2.53 bits per heavy atom. The molecule has 0 fully saturated rings. The Balaban J connectivity index is 2.38. The summed E-state index contributed by atoms with van der Waals surface area (Å²) in [6.45, 7) is 3.88. The zero-order chi connectivity index (χ0) is 14.5. The third-order valence-electron chi connectivity index (χ3n) is 2.98. The highest BCUT2D eigenvalue weighted by atomic mass is 35.5. The molecule has 1 aromatic carbocycles.